The highest BCUT2D eigenvalue weighted by Gasteiger charge is 2.43. The highest BCUT2D eigenvalue weighted by atomic mass is 35.5. The molecule has 0 spiro atoms. The molecule has 0 bridgehead atoms. The van der Waals surface area contributed by atoms with Crippen LogP contribution in [0.25, 0.3) is 0 Å². The SMILES string of the molecule is COc1cc(Cl)c(O)c(C2(C(=O)O)CCCCC2)c1. The number of hydrogen-bond acceptors (Lipinski definition) is 3. The number of aromatic hydroxyl groups is 1. The highest BCUT2D eigenvalue weighted by Crippen LogP contribution is 2.46. The molecular formula is C14H17ClO4. The lowest BCUT2D eigenvalue weighted by atomic mass is 9.69. The van der Waals surface area contributed by atoms with E-state index in [1.54, 1.807) is 6.07 Å². The Balaban J connectivity index is 2.59. The zero-order valence-corrected chi connectivity index (χ0v) is 11.5. The van der Waals surface area contributed by atoms with Gasteiger partial charge in [0.25, 0.3) is 0 Å². The molecule has 19 heavy (non-hydrogen) atoms. The minimum Gasteiger partial charge on any atom is -0.506 e. The molecule has 0 saturated heterocycles. The number of benzene rings is 1. The molecule has 1 aliphatic carbocycles. The van der Waals surface area contributed by atoms with Crippen molar-refractivity contribution in [2.24, 2.45) is 0 Å². The molecule has 0 amide bonds. The Morgan fingerprint density at radius 2 is 1.95 bits per heavy atom. The fourth-order valence-electron chi connectivity index (χ4n) is 2.81. The molecule has 0 unspecified atom stereocenters. The number of halogens is 1. The molecule has 1 aromatic rings. The van der Waals surface area contributed by atoms with Gasteiger partial charge in [0.05, 0.1) is 17.5 Å². The predicted octanol–water partition coefficient (Wildman–Crippen LogP) is 3.34. The molecule has 2 rings (SSSR count). The van der Waals surface area contributed by atoms with E-state index in [0.717, 1.165) is 19.3 Å². The Labute approximate surface area is 117 Å². The molecular weight excluding hydrogens is 268 g/mol. The van der Waals surface area contributed by atoms with Crippen LogP contribution in [-0.2, 0) is 10.2 Å². The van der Waals surface area contributed by atoms with Crippen LogP contribution in [0, 0.1) is 0 Å². The van der Waals surface area contributed by atoms with Gasteiger partial charge in [-0.3, -0.25) is 4.79 Å². The summed E-state index contributed by atoms with van der Waals surface area (Å²) in [6, 6.07) is 3.07. The third-order valence-electron chi connectivity index (χ3n) is 3.90. The maximum atomic E-state index is 11.7. The van der Waals surface area contributed by atoms with E-state index in [1.165, 1.54) is 13.2 Å². The maximum absolute atomic E-state index is 11.7. The molecule has 0 heterocycles. The van der Waals surface area contributed by atoms with Gasteiger partial charge in [-0.15, -0.1) is 0 Å². The minimum absolute atomic E-state index is 0.126. The smallest absolute Gasteiger partial charge is 0.314 e. The number of rotatable bonds is 3. The van der Waals surface area contributed by atoms with E-state index < -0.39 is 11.4 Å². The third kappa shape index (κ3) is 2.37. The molecule has 0 aromatic heterocycles. The topological polar surface area (TPSA) is 66.8 Å². The highest BCUT2D eigenvalue weighted by molar-refractivity contribution is 6.32. The Bertz CT molecular complexity index is 492. The van der Waals surface area contributed by atoms with Crippen molar-refractivity contribution in [2.75, 3.05) is 7.11 Å². The van der Waals surface area contributed by atoms with Crippen LogP contribution in [0.2, 0.25) is 5.02 Å². The number of hydrogen-bond donors (Lipinski definition) is 2. The summed E-state index contributed by atoms with van der Waals surface area (Å²) < 4.78 is 5.12. The molecule has 0 aliphatic heterocycles. The molecule has 0 radical (unpaired) electrons. The van der Waals surface area contributed by atoms with Crippen LogP contribution >= 0.6 is 11.6 Å². The molecule has 0 atom stereocenters. The van der Waals surface area contributed by atoms with Crippen LogP contribution in [-0.4, -0.2) is 23.3 Å². The summed E-state index contributed by atoms with van der Waals surface area (Å²) in [7, 11) is 1.49. The Morgan fingerprint density at radius 3 is 2.47 bits per heavy atom. The summed E-state index contributed by atoms with van der Waals surface area (Å²) in [6.07, 6.45) is 3.72. The van der Waals surface area contributed by atoms with E-state index in [1.807, 2.05) is 0 Å². The third-order valence-corrected chi connectivity index (χ3v) is 4.19. The van der Waals surface area contributed by atoms with Crippen molar-refractivity contribution >= 4 is 17.6 Å². The van der Waals surface area contributed by atoms with Crippen molar-refractivity contribution in [2.45, 2.75) is 37.5 Å². The van der Waals surface area contributed by atoms with Gasteiger partial charge < -0.3 is 14.9 Å². The first kappa shape index (κ1) is 14.0. The van der Waals surface area contributed by atoms with E-state index in [-0.39, 0.29) is 10.8 Å². The number of carboxylic acid groups (broad SMARTS) is 1. The molecule has 2 N–H and O–H groups in total. The molecule has 104 valence electrons. The first-order valence-electron chi connectivity index (χ1n) is 6.31. The quantitative estimate of drug-likeness (QED) is 0.893. The first-order chi connectivity index (χ1) is 9.01. The van der Waals surface area contributed by atoms with Gasteiger partial charge in [-0.2, -0.15) is 0 Å². The fraction of sp³-hybridized carbons (Fsp3) is 0.500. The normalized spacial score (nSPS) is 18.0. The molecule has 1 saturated carbocycles. The van der Waals surface area contributed by atoms with E-state index in [9.17, 15) is 15.0 Å². The standard InChI is InChI=1S/C14H17ClO4/c1-19-9-7-10(12(16)11(15)8-9)14(13(17)18)5-3-2-4-6-14/h7-8,16H,2-6H2,1H3,(H,17,18). The Hall–Kier alpha value is -1.42. The molecule has 1 aromatic carbocycles. The van der Waals surface area contributed by atoms with Gasteiger partial charge in [-0.1, -0.05) is 30.9 Å². The number of carboxylic acids is 1. The van der Waals surface area contributed by atoms with Crippen molar-refractivity contribution in [1.82, 2.24) is 0 Å². The molecule has 1 fully saturated rings. The van der Waals surface area contributed by atoms with Gasteiger partial charge in [0.1, 0.15) is 11.5 Å². The number of phenolic OH excluding ortho intramolecular Hbond substituents is 1. The van der Waals surface area contributed by atoms with Crippen molar-refractivity contribution < 1.29 is 19.7 Å². The van der Waals surface area contributed by atoms with Crippen LogP contribution < -0.4 is 4.74 Å². The second-order valence-electron chi connectivity index (χ2n) is 4.95. The number of carbonyl (C=O) groups is 1. The van der Waals surface area contributed by atoms with Crippen LogP contribution in [0.3, 0.4) is 0 Å². The molecule has 5 heteroatoms. The predicted molar refractivity (Wildman–Crippen MR) is 72.1 cm³/mol. The van der Waals surface area contributed by atoms with Crippen molar-refractivity contribution in [3.63, 3.8) is 0 Å². The number of methoxy groups -OCH3 is 1. The van der Waals surface area contributed by atoms with Gasteiger partial charge >= 0.3 is 5.97 Å². The summed E-state index contributed by atoms with van der Waals surface area (Å²) >= 11 is 5.96. The number of ether oxygens (including phenoxy) is 1. The van der Waals surface area contributed by atoms with Crippen molar-refractivity contribution in [3.8, 4) is 11.5 Å². The van der Waals surface area contributed by atoms with Gasteiger partial charge in [0.15, 0.2) is 0 Å². The maximum Gasteiger partial charge on any atom is 0.314 e. The number of phenols is 1. The van der Waals surface area contributed by atoms with E-state index in [2.05, 4.69) is 0 Å². The zero-order valence-electron chi connectivity index (χ0n) is 10.8. The van der Waals surface area contributed by atoms with E-state index in [4.69, 9.17) is 16.3 Å². The lowest BCUT2D eigenvalue weighted by Crippen LogP contribution is -2.37. The monoisotopic (exact) mass is 284 g/mol. The van der Waals surface area contributed by atoms with Crippen molar-refractivity contribution in [1.29, 1.82) is 0 Å². The lowest BCUT2D eigenvalue weighted by Gasteiger charge is -2.34. The van der Waals surface area contributed by atoms with E-state index in [0.29, 0.717) is 24.2 Å². The van der Waals surface area contributed by atoms with Gasteiger partial charge in [-0.05, 0) is 18.9 Å². The summed E-state index contributed by atoms with van der Waals surface area (Å²) in [4.78, 5) is 11.7. The van der Waals surface area contributed by atoms with Crippen LogP contribution in [0.1, 0.15) is 37.7 Å². The fourth-order valence-corrected chi connectivity index (χ4v) is 3.02. The van der Waals surface area contributed by atoms with Crippen LogP contribution in [0.5, 0.6) is 11.5 Å². The van der Waals surface area contributed by atoms with Gasteiger partial charge in [0.2, 0.25) is 0 Å². The largest absolute Gasteiger partial charge is 0.506 e. The zero-order chi connectivity index (χ0) is 14.0. The van der Waals surface area contributed by atoms with E-state index >= 15 is 0 Å². The Kier molecular flexibility index (Phi) is 3.90. The average Bonchev–Trinajstić information content (AvgIpc) is 2.42. The summed E-state index contributed by atoms with van der Waals surface area (Å²) in [5.41, 5.74) is -0.690. The second-order valence-corrected chi connectivity index (χ2v) is 5.36. The van der Waals surface area contributed by atoms with Crippen LogP contribution in [0.4, 0.5) is 0 Å². The molecule has 4 nitrogen and oxygen atoms in total. The van der Waals surface area contributed by atoms with Crippen molar-refractivity contribution in [3.05, 3.63) is 22.7 Å². The number of aliphatic carboxylic acids is 1. The second kappa shape index (κ2) is 5.29. The van der Waals surface area contributed by atoms with Gasteiger partial charge in [0, 0.05) is 11.6 Å². The van der Waals surface area contributed by atoms with Gasteiger partial charge in [-0.25, -0.2) is 0 Å². The Morgan fingerprint density at radius 1 is 1.32 bits per heavy atom. The summed E-state index contributed by atoms with van der Waals surface area (Å²) in [5.74, 6) is -0.595. The minimum atomic E-state index is -1.06. The average molecular weight is 285 g/mol. The summed E-state index contributed by atoms with van der Waals surface area (Å²) in [6.45, 7) is 0. The molecule has 1 aliphatic rings. The summed E-state index contributed by atoms with van der Waals surface area (Å²) in [5, 5.41) is 19.9. The van der Waals surface area contributed by atoms with Crippen LogP contribution in [0.15, 0.2) is 12.1 Å². The first-order valence-corrected chi connectivity index (χ1v) is 6.69. The lowest BCUT2D eigenvalue weighted by molar-refractivity contribution is -0.145.